The summed E-state index contributed by atoms with van der Waals surface area (Å²) in [5.74, 6) is 0. The Morgan fingerprint density at radius 1 is 0.643 bits per heavy atom. The zero-order valence-corrected chi connectivity index (χ0v) is 19.4. The van der Waals surface area contributed by atoms with Gasteiger partial charge in [0, 0.05) is 24.3 Å². The van der Waals surface area contributed by atoms with E-state index in [1.165, 1.54) is 10.1 Å². The first kappa shape index (κ1) is 24.0. The third-order valence-corrected chi connectivity index (χ3v) is 6.86. The fourth-order valence-corrected chi connectivity index (χ4v) is 4.95. The Morgan fingerprint density at radius 2 is 0.964 bits per heavy atom. The second kappa shape index (κ2) is 8.48. The standard InChI is InChI=1S/C22H44N2O4/c1-19(2)15-17(21(5,6)23(19)25)27-13-11-9-10-12-14-28-18-16-20(3,4)24(26)22(18,7)8/h17-18,25-26H,9-16H2,1-8H3. The van der Waals surface area contributed by atoms with Gasteiger partial charge in [-0.15, -0.1) is 0 Å². The summed E-state index contributed by atoms with van der Waals surface area (Å²) in [6, 6.07) is 0. The molecule has 2 unspecified atom stereocenters. The Labute approximate surface area is 172 Å². The van der Waals surface area contributed by atoms with Crippen LogP contribution in [0, 0.1) is 0 Å². The van der Waals surface area contributed by atoms with E-state index in [1.807, 2.05) is 27.7 Å². The van der Waals surface area contributed by atoms with Gasteiger partial charge >= 0.3 is 0 Å². The maximum absolute atomic E-state index is 10.4. The normalized spacial score (nSPS) is 31.5. The molecule has 6 heteroatoms. The minimum atomic E-state index is -0.347. The van der Waals surface area contributed by atoms with Crippen LogP contribution in [0.25, 0.3) is 0 Å². The summed E-state index contributed by atoms with van der Waals surface area (Å²) in [7, 11) is 0. The Hall–Kier alpha value is -0.240. The van der Waals surface area contributed by atoms with Crippen molar-refractivity contribution < 1.29 is 19.9 Å². The monoisotopic (exact) mass is 400 g/mol. The molecule has 0 aromatic rings. The Balaban J connectivity index is 1.59. The number of rotatable bonds is 9. The van der Waals surface area contributed by atoms with Crippen molar-refractivity contribution in [2.24, 2.45) is 0 Å². The molecule has 2 rings (SSSR count). The molecule has 0 spiro atoms. The smallest absolute Gasteiger partial charge is 0.0794 e. The summed E-state index contributed by atoms with van der Waals surface area (Å²) >= 11 is 0. The molecule has 2 atom stereocenters. The molecule has 0 amide bonds. The van der Waals surface area contributed by atoms with Crippen LogP contribution in [0.4, 0.5) is 0 Å². The van der Waals surface area contributed by atoms with E-state index >= 15 is 0 Å². The lowest BCUT2D eigenvalue weighted by Crippen LogP contribution is -2.49. The van der Waals surface area contributed by atoms with E-state index in [1.54, 1.807) is 0 Å². The van der Waals surface area contributed by atoms with Crippen molar-refractivity contribution in [3.8, 4) is 0 Å². The molecule has 2 saturated heterocycles. The second-order valence-electron chi connectivity index (χ2n) is 11.1. The van der Waals surface area contributed by atoms with E-state index in [0.29, 0.717) is 0 Å². The van der Waals surface area contributed by atoms with Gasteiger partial charge in [-0.1, -0.05) is 12.8 Å². The minimum absolute atomic E-state index is 0.0604. The van der Waals surface area contributed by atoms with Crippen LogP contribution in [-0.2, 0) is 9.47 Å². The molecule has 0 aromatic heterocycles. The molecule has 0 aromatic carbocycles. The second-order valence-corrected chi connectivity index (χ2v) is 11.1. The van der Waals surface area contributed by atoms with E-state index in [4.69, 9.17) is 9.47 Å². The lowest BCUT2D eigenvalue weighted by atomic mass is 9.97. The van der Waals surface area contributed by atoms with Crippen molar-refractivity contribution in [2.75, 3.05) is 13.2 Å². The predicted octanol–water partition coefficient (Wildman–Crippen LogP) is 4.62. The molecular formula is C22H44N2O4. The van der Waals surface area contributed by atoms with Gasteiger partial charge in [0.2, 0.25) is 0 Å². The quantitative estimate of drug-likeness (QED) is 0.551. The third kappa shape index (κ3) is 4.90. The van der Waals surface area contributed by atoms with Crippen LogP contribution in [0.3, 0.4) is 0 Å². The van der Waals surface area contributed by atoms with Crippen molar-refractivity contribution in [1.82, 2.24) is 10.1 Å². The Morgan fingerprint density at radius 3 is 1.21 bits per heavy atom. The average molecular weight is 401 g/mol. The summed E-state index contributed by atoms with van der Waals surface area (Å²) in [5.41, 5.74) is -1.17. The molecule has 2 heterocycles. The summed E-state index contributed by atoms with van der Waals surface area (Å²) in [5, 5.41) is 23.6. The lowest BCUT2D eigenvalue weighted by Gasteiger charge is -2.35. The number of unbranched alkanes of at least 4 members (excludes halogenated alkanes) is 3. The first-order valence-corrected chi connectivity index (χ1v) is 10.9. The molecule has 28 heavy (non-hydrogen) atoms. The van der Waals surface area contributed by atoms with Crippen LogP contribution < -0.4 is 0 Å². The van der Waals surface area contributed by atoms with Crippen LogP contribution in [0.2, 0.25) is 0 Å². The molecule has 2 N–H and O–H groups in total. The van der Waals surface area contributed by atoms with Gasteiger partial charge in [0.25, 0.3) is 0 Å². The highest BCUT2D eigenvalue weighted by Crippen LogP contribution is 2.41. The Bertz CT molecular complexity index is 473. The minimum Gasteiger partial charge on any atom is -0.376 e. The van der Waals surface area contributed by atoms with E-state index in [0.717, 1.165) is 51.7 Å². The maximum atomic E-state index is 10.4. The van der Waals surface area contributed by atoms with E-state index < -0.39 is 0 Å². The average Bonchev–Trinajstić information content (AvgIpc) is 2.84. The fourth-order valence-electron chi connectivity index (χ4n) is 4.95. The van der Waals surface area contributed by atoms with Gasteiger partial charge in [0.1, 0.15) is 0 Å². The van der Waals surface area contributed by atoms with Crippen LogP contribution in [-0.4, -0.2) is 68.1 Å². The van der Waals surface area contributed by atoms with Crippen molar-refractivity contribution in [3.63, 3.8) is 0 Å². The summed E-state index contributed by atoms with van der Waals surface area (Å²) in [6.45, 7) is 17.9. The van der Waals surface area contributed by atoms with Crippen LogP contribution in [0.5, 0.6) is 0 Å². The highest BCUT2D eigenvalue weighted by atomic mass is 16.5. The van der Waals surface area contributed by atoms with Gasteiger partial charge in [-0.05, 0) is 81.1 Å². The zero-order chi connectivity index (χ0) is 21.4. The molecule has 0 aliphatic carbocycles. The van der Waals surface area contributed by atoms with Crippen LogP contribution in [0.1, 0.15) is 93.9 Å². The molecule has 2 fully saturated rings. The van der Waals surface area contributed by atoms with Gasteiger partial charge in [-0.25, -0.2) is 0 Å². The molecule has 2 aliphatic rings. The zero-order valence-electron chi connectivity index (χ0n) is 19.4. The van der Waals surface area contributed by atoms with Crippen molar-refractivity contribution in [1.29, 1.82) is 0 Å². The summed E-state index contributed by atoms with van der Waals surface area (Å²) in [4.78, 5) is 0. The van der Waals surface area contributed by atoms with Gasteiger partial charge in [0.05, 0.1) is 23.3 Å². The molecule has 0 radical (unpaired) electrons. The highest BCUT2D eigenvalue weighted by molar-refractivity contribution is 5.04. The number of hydrogen-bond acceptors (Lipinski definition) is 6. The fraction of sp³-hybridized carbons (Fsp3) is 1.00. The maximum Gasteiger partial charge on any atom is 0.0794 e. The van der Waals surface area contributed by atoms with E-state index in [2.05, 4.69) is 27.7 Å². The predicted molar refractivity (Wildman–Crippen MR) is 111 cm³/mol. The third-order valence-electron chi connectivity index (χ3n) is 6.86. The van der Waals surface area contributed by atoms with E-state index in [-0.39, 0.29) is 34.4 Å². The molecule has 0 bridgehead atoms. The van der Waals surface area contributed by atoms with Crippen molar-refractivity contribution in [2.45, 2.75) is 128 Å². The number of nitrogens with zero attached hydrogens (tertiary/aromatic N) is 2. The van der Waals surface area contributed by atoms with Crippen LogP contribution in [0.15, 0.2) is 0 Å². The van der Waals surface area contributed by atoms with Gasteiger partial charge in [-0.2, -0.15) is 10.1 Å². The van der Waals surface area contributed by atoms with E-state index in [9.17, 15) is 10.4 Å². The molecule has 166 valence electrons. The first-order valence-electron chi connectivity index (χ1n) is 10.9. The van der Waals surface area contributed by atoms with Gasteiger partial charge < -0.3 is 19.9 Å². The number of ether oxygens (including phenoxy) is 2. The summed E-state index contributed by atoms with van der Waals surface area (Å²) < 4.78 is 12.2. The van der Waals surface area contributed by atoms with Crippen molar-refractivity contribution in [3.05, 3.63) is 0 Å². The lowest BCUT2D eigenvalue weighted by molar-refractivity contribution is -0.204. The SMILES string of the molecule is CC1(C)CC(OCCCCCCOC2CC(C)(C)N(O)C2(C)C)C(C)(C)N1O. The Kier molecular flexibility index (Phi) is 7.28. The van der Waals surface area contributed by atoms with Crippen molar-refractivity contribution >= 4 is 0 Å². The van der Waals surface area contributed by atoms with Gasteiger partial charge in [0.15, 0.2) is 0 Å². The molecule has 6 nitrogen and oxygen atoms in total. The number of hydrogen-bond donors (Lipinski definition) is 2. The number of hydroxylamine groups is 4. The largest absolute Gasteiger partial charge is 0.376 e. The van der Waals surface area contributed by atoms with Crippen LogP contribution >= 0.6 is 0 Å². The first-order chi connectivity index (χ1) is 12.7. The van der Waals surface area contributed by atoms with Gasteiger partial charge in [-0.3, -0.25) is 0 Å². The highest BCUT2D eigenvalue weighted by Gasteiger charge is 2.52. The molecule has 0 saturated carbocycles. The molecular weight excluding hydrogens is 356 g/mol. The summed E-state index contributed by atoms with van der Waals surface area (Å²) in [6.07, 6.45) is 6.12. The molecule has 2 aliphatic heterocycles. The topological polar surface area (TPSA) is 65.4 Å².